The largest absolute Gasteiger partial charge is 0.416 e. The fourth-order valence-electron chi connectivity index (χ4n) is 4.32. The maximum absolute atomic E-state index is 13.2. The third-order valence-corrected chi connectivity index (χ3v) is 5.88. The average molecular weight is 369 g/mol. The van der Waals surface area contributed by atoms with Gasteiger partial charge in [0.1, 0.15) is 0 Å². The van der Waals surface area contributed by atoms with Gasteiger partial charge in [-0.3, -0.25) is 4.79 Å². The second-order valence-electron chi connectivity index (χ2n) is 8.55. The summed E-state index contributed by atoms with van der Waals surface area (Å²) >= 11 is 0. The first kappa shape index (κ1) is 19.2. The first-order chi connectivity index (χ1) is 12.0. The van der Waals surface area contributed by atoms with Crippen LogP contribution in [0.5, 0.6) is 0 Å². The Balaban J connectivity index is 2.04. The summed E-state index contributed by atoms with van der Waals surface area (Å²) < 4.78 is 39.5. The molecule has 2 aliphatic rings. The van der Waals surface area contributed by atoms with Gasteiger partial charge in [-0.1, -0.05) is 52.2 Å². The lowest BCUT2D eigenvalue weighted by molar-refractivity contribution is -0.224. The Hall–Kier alpha value is -1.56. The van der Waals surface area contributed by atoms with Crippen LogP contribution >= 0.6 is 0 Å². The number of aliphatic hydroxyl groups is 1. The number of hydrogen-bond donors (Lipinski definition) is 1. The molecule has 6 heteroatoms. The van der Waals surface area contributed by atoms with Crippen LogP contribution in [-0.2, 0) is 11.0 Å². The lowest BCUT2D eigenvalue weighted by atomic mass is 9.62. The summed E-state index contributed by atoms with van der Waals surface area (Å²) in [6.07, 6.45) is 0.313. The zero-order valence-electron chi connectivity index (χ0n) is 15.4. The highest BCUT2D eigenvalue weighted by atomic mass is 19.4. The number of carbonyl (C=O) groups excluding carboxylic acids is 1. The van der Waals surface area contributed by atoms with Crippen LogP contribution in [0.25, 0.3) is 0 Å². The number of carbonyl (C=O) groups is 1. The second kappa shape index (κ2) is 6.25. The number of benzene rings is 1. The van der Waals surface area contributed by atoms with E-state index in [0.29, 0.717) is 5.56 Å². The van der Waals surface area contributed by atoms with Gasteiger partial charge in [0.2, 0.25) is 0 Å². The van der Waals surface area contributed by atoms with Crippen LogP contribution < -0.4 is 0 Å². The van der Waals surface area contributed by atoms with Gasteiger partial charge < -0.3 is 10.0 Å². The Morgan fingerprint density at radius 2 is 1.73 bits per heavy atom. The van der Waals surface area contributed by atoms with Crippen LogP contribution in [0.1, 0.15) is 70.0 Å². The molecule has 0 spiro atoms. The predicted molar refractivity (Wildman–Crippen MR) is 92.3 cm³/mol. The fourth-order valence-corrected chi connectivity index (χ4v) is 4.32. The molecule has 1 aromatic rings. The summed E-state index contributed by atoms with van der Waals surface area (Å²) in [7, 11) is 0. The monoisotopic (exact) mass is 369 g/mol. The Morgan fingerprint density at radius 1 is 1.12 bits per heavy atom. The van der Waals surface area contributed by atoms with Gasteiger partial charge in [-0.15, -0.1) is 0 Å². The van der Waals surface area contributed by atoms with Gasteiger partial charge in [0.15, 0.2) is 5.60 Å². The van der Waals surface area contributed by atoms with E-state index in [-0.39, 0.29) is 11.9 Å². The molecule has 3 nitrogen and oxygen atoms in total. The highest BCUT2D eigenvalue weighted by Crippen LogP contribution is 2.55. The van der Waals surface area contributed by atoms with E-state index < -0.39 is 28.8 Å². The zero-order valence-corrected chi connectivity index (χ0v) is 15.4. The fraction of sp³-hybridized carbons (Fsp3) is 0.650. The quantitative estimate of drug-likeness (QED) is 0.768. The van der Waals surface area contributed by atoms with Crippen molar-refractivity contribution in [2.24, 2.45) is 5.41 Å². The van der Waals surface area contributed by atoms with Crippen LogP contribution in [0.4, 0.5) is 13.2 Å². The van der Waals surface area contributed by atoms with Gasteiger partial charge in [-0.25, -0.2) is 0 Å². The smallest absolute Gasteiger partial charge is 0.377 e. The molecule has 2 atom stereocenters. The molecule has 144 valence electrons. The standard InChI is InChI=1S/C20H26F3NO2/c1-18(2,3)19(26)16(13-8-7-9-14(12-13)20(21,22)23)24(17(19)25)15-10-5-4-6-11-15/h7-9,12,15-16,26H,4-6,10-11H2,1-3H3. The second-order valence-corrected chi connectivity index (χ2v) is 8.55. The van der Waals surface area contributed by atoms with Gasteiger partial charge in [0.05, 0.1) is 11.6 Å². The van der Waals surface area contributed by atoms with Crippen LogP contribution in [0.15, 0.2) is 24.3 Å². The SMILES string of the molecule is CC(C)(C)C1(O)C(=O)N(C2CCCCC2)C1c1cccc(C(F)(F)F)c1. The molecule has 2 unspecified atom stereocenters. The van der Waals surface area contributed by atoms with Crippen molar-refractivity contribution < 1.29 is 23.1 Å². The Morgan fingerprint density at radius 3 is 2.27 bits per heavy atom. The van der Waals surface area contributed by atoms with E-state index in [4.69, 9.17) is 0 Å². The van der Waals surface area contributed by atoms with E-state index in [1.54, 1.807) is 31.7 Å². The molecule has 1 aromatic carbocycles. The molecule has 1 heterocycles. The predicted octanol–water partition coefficient (Wildman–Crippen LogP) is 4.70. The molecule has 1 aliphatic carbocycles. The third-order valence-electron chi connectivity index (χ3n) is 5.88. The molecular formula is C20H26F3NO2. The number of halogens is 3. The Bertz CT molecular complexity index is 689. The maximum atomic E-state index is 13.2. The molecular weight excluding hydrogens is 343 g/mol. The van der Waals surface area contributed by atoms with E-state index in [2.05, 4.69) is 0 Å². The molecule has 2 fully saturated rings. The van der Waals surface area contributed by atoms with Crippen LogP contribution in [-0.4, -0.2) is 27.6 Å². The van der Waals surface area contributed by atoms with Gasteiger partial charge in [0.25, 0.3) is 5.91 Å². The number of rotatable bonds is 2. The number of amides is 1. The van der Waals surface area contributed by atoms with Crippen molar-refractivity contribution in [3.8, 4) is 0 Å². The first-order valence-electron chi connectivity index (χ1n) is 9.20. The van der Waals surface area contributed by atoms with Crippen molar-refractivity contribution in [2.75, 3.05) is 0 Å². The molecule has 0 aromatic heterocycles. The van der Waals surface area contributed by atoms with E-state index in [1.165, 1.54) is 6.07 Å². The number of β-lactam (4-membered cyclic amide) rings is 1. The summed E-state index contributed by atoms with van der Waals surface area (Å²) in [4.78, 5) is 14.6. The molecule has 3 rings (SSSR count). The van der Waals surface area contributed by atoms with E-state index in [0.717, 1.165) is 44.2 Å². The summed E-state index contributed by atoms with van der Waals surface area (Å²) in [5.41, 5.74) is -2.89. The summed E-state index contributed by atoms with van der Waals surface area (Å²) in [5, 5.41) is 11.3. The van der Waals surface area contributed by atoms with Crippen molar-refractivity contribution in [3.63, 3.8) is 0 Å². The van der Waals surface area contributed by atoms with Crippen molar-refractivity contribution in [2.45, 2.75) is 76.7 Å². The van der Waals surface area contributed by atoms with Crippen molar-refractivity contribution in [1.29, 1.82) is 0 Å². The molecule has 1 saturated carbocycles. The minimum absolute atomic E-state index is 0.0154. The van der Waals surface area contributed by atoms with E-state index in [9.17, 15) is 23.1 Å². The summed E-state index contributed by atoms with van der Waals surface area (Å²) in [6.45, 7) is 5.26. The van der Waals surface area contributed by atoms with Crippen molar-refractivity contribution >= 4 is 5.91 Å². The molecule has 1 amide bonds. The lowest BCUT2D eigenvalue weighted by Crippen LogP contribution is -2.75. The molecule has 0 radical (unpaired) electrons. The first-order valence-corrected chi connectivity index (χ1v) is 9.20. The maximum Gasteiger partial charge on any atom is 0.416 e. The van der Waals surface area contributed by atoms with Crippen LogP contribution in [0.2, 0.25) is 0 Å². The number of alkyl halides is 3. The number of hydrogen-bond acceptors (Lipinski definition) is 2. The highest BCUT2D eigenvalue weighted by Gasteiger charge is 2.67. The minimum atomic E-state index is -4.46. The van der Waals surface area contributed by atoms with E-state index >= 15 is 0 Å². The van der Waals surface area contributed by atoms with Crippen LogP contribution in [0.3, 0.4) is 0 Å². The van der Waals surface area contributed by atoms with Gasteiger partial charge in [-0.05, 0) is 30.5 Å². The Kier molecular flexibility index (Phi) is 4.62. The average Bonchev–Trinajstić information content (AvgIpc) is 2.57. The number of nitrogens with zero attached hydrogens (tertiary/aromatic N) is 1. The molecule has 0 bridgehead atoms. The van der Waals surface area contributed by atoms with Gasteiger partial charge in [-0.2, -0.15) is 13.2 Å². The number of likely N-dealkylation sites (tertiary alicyclic amines) is 1. The Labute approximate surface area is 152 Å². The van der Waals surface area contributed by atoms with Crippen LogP contribution in [0, 0.1) is 5.41 Å². The van der Waals surface area contributed by atoms with E-state index in [1.807, 2.05) is 0 Å². The lowest BCUT2D eigenvalue weighted by Gasteiger charge is -2.61. The topological polar surface area (TPSA) is 40.5 Å². The van der Waals surface area contributed by atoms with Crippen molar-refractivity contribution in [3.05, 3.63) is 35.4 Å². The van der Waals surface area contributed by atoms with Gasteiger partial charge >= 0.3 is 6.18 Å². The molecule has 1 aliphatic heterocycles. The molecule has 1 saturated heterocycles. The third kappa shape index (κ3) is 2.92. The summed E-state index contributed by atoms with van der Waals surface area (Å²) in [6, 6.07) is 4.26. The normalized spacial score (nSPS) is 28.2. The summed E-state index contributed by atoms with van der Waals surface area (Å²) in [5.74, 6) is -0.362. The van der Waals surface area contributed by atoms with Crippen molar-refractivity contribution in [1.82, 2.24) is 4.90 Å². The highest BCUT2D eigenvalue weighted by molar-refractivity contribution is 5.94. The minimum Gasteiger partial charge on any atom is -0.377 e. The molecule has 26 heavy (non-hydrogen) atoms. The molecule has 1 N–H and O–H groups in total. The zero-order chi connectivity index (χ0) is 19.3. The van der Waals surface area contributed by atoms with Gasteiger partial charge in [0, 0.05) is 11.5 Å².